The van der Waals surface area contributed by atoms with Crippen LogP contribution < -0.4 is 5.32 Å². The molecule has 2 heterocycles. The van der Waals surface area contributed by atoms with Crippen molar-refractivity contribution in [2.45, 2.75) is 51.4 Å². The molecule has 21 heavy (non-hydrogen) atoms. The van der Waals surface area contributed by atoms with E-state index in [1.807, 2.05) is 6.92 Å². The summed E-state index contributed by atoms with van der Waals surface area (Å²) >= 11 is 1.68. The second-order valence-electron chi connectivity index (χ2n) is 6.44. The van der Waals surface area contributed by atoms with Crippen LogP contribution in [0.15, 0.2) is 16.8 Å². The molecule has 3 unspecified atom stereocenters. The maximum atomic E-state index is 12.9. The number of nitrogens with zero attached hydrogens (tertiary/aromatic N) is 2. The van der Waals surface area contributed by atoms with Gasteiger partial charge in [-0.3, -0.25) is 10.1 Å². The predicted molar refractivity (Wildman–Crippen MR) is 88.4 cm³/mol. The fraction of sp³-hybridized carbons (Fsp3) is 0.688. The van der Waals surface area contributed by atoms with Crippen LogP contribution in [0.2, 0.25) is 0 Å². The topological polar surface area (TPSA) is 35.6 Å². The maximum absolute atomic E-state index is 12.9. The van der Waals surface area contributed by atoms with Gasteiger partial charge in [-0.25, -0.2) is 0 Å². The first-order chi connectivity index (χ1) is 9.89. The van der Waals surface area contributed by atoms with Gasteiger partial charge < -0.3 is 9.80 Å². The summed E-state index contributed by atoms with van der Waals surface area (Å²) in [5.41, 5.74) is 0.751. The van der Waals surface area contributed by atoms with E-state index in [1.165, 1.54) is 5.56 Å². The van der Waals surface area contributed by atoms with Gasteiger partial charge in [-0.2, -0.15) is 11.3 Å². The molecule has 1 aromatic rings. The first-order valence-corrected chi connectivity index (χ1v) is 8.60. The number of hydrogen-bond donors (Lipinski definition) is 1. The number of rotatable bonds is 6. The molecular weight excluding hydrogens is 282 g/mol. The quantitative estimate of drug-likeness (QED) is 0.877. The molecule has 0 aromatic carbocycles. The highest BCUT2D eigenvalue weighted by Crippen LogP contribution is 2.35. The molecule has 1 fully saturated rings. The molecule has 0 spiro atoms. The van der Waals surface area contributed by atoms with Crippen molar-refractivity contribution >= 4 is 17.2 Å². The van der Waals surface area contributed by atoms with E-state index in [0.717, 1.165) is 19.4 Å². The van der Waals surface area contributed by atoms with Crippen molar-refractivity contribution in [1.82, 2.24) is 15.1 Å². The van der Waals surface area contributed by atoms with Crippen LogP contribution in [0.3, 0.4) is 0 Å². The Labute approximate surface area is 132 Å². The van der Waals surface area contributed by atoms with Crippen molar-refractivity contribution in [3.05, 3.63) is 22.4 Å². The third kappa shape index (κ3) is 3.30. The van der Waals surface area contributed by atoms with E-state index in [0.29, 0.717) is 0 Å². The molecule has 1 saturated heterocycles. The highest BCUT2D eigenvalue weighted by Gasteiger charge is 2.48. The molecule has 4 nitrogen and oxygen atoms in total. The summed E-state index contributed by atoms with van der Waals surface area (Å²) < 4.78 is 0. The summed E-state index contributed by atoms with van der Waals surface area (Å²) in [6.45, 7) is 7.24. The minimum Gasteiger partial charge on any atom is -0.319 e. The van der Waals surface area contributed by atoms with Crippen molar-refractivity contribution in [2.24, 2.45) is 0 Å². The Morgan fingerprint density at radius 1 is 1.52 bits per heavy atom. The number of carbonyl (C=O) groups is 1. The average Bonchev–Trinajstić information content (AvgIpc) is 3.05. The van der Waals surface area contributed by atoms with Crippen molar-refractivity contribution in [2.75, 3.05) is 20.6 Å². The van der Waals surface area contributed by atoms with Gasteiger partial charge in [0.1, 0.15) is 6.17 Å². The van der Waals surface area contributed by atoms with E-state index in [2.05, 4.69) is 59.9 Å². The third-order valence-corrected chi connectivity index (χ3v) is 5.18. The van der Waals surface area contributed by atoms with Crippen LogP contribution >= 0.6 is 11.3 Å². The molecule has 3 atom stereocenters. The lowest BCUT2D eigenvalue weighted by molar-refractivity contribution is -0.135. The van der Waals surface area contributed by atoms with E-state index in [4.69, 9.17) is 0 Å². The molecule has 1 amide bonds. The van der Waals surface area contributed by atoms with Crippen LogP contribution in [-0.2, 0) is 4.79 Å². The summed E-state index contributed by atoms with van der Waals surface area (Å²) in [6.07, 6.45) is 1.80. The summed E-state index contributed by atoms with van der Waals surface area (Å²) in [5, 5.41) is 7.77. The smallest absolute Gasteiger partial charge is 0.244 e. The number of hydrogen-bond acceptors (Lipinski definition) is 4. The molecule has 0 radical (unpaired) electrons. The lowest BCUT2D eigenvalue weighted by atomic mass is 9.99. The van der Waals surface area contributed by atoms with E-state index in [1.54, 1.807) is 11.3 Å². The molecular formula is C16H27N3OS. The standard InChI is InChI=1S/C16H27N3OS/c1-6-16(3)15(20)19(12(2)7-9-18(4)5)14(17-16)13-8-10-21-11-13/h8,10-12,14,17H,6-7,9H2,1-5H3. The van der Waals surface area contributed by atoms with E-state index >= 15 is 0 Å². The van der Waals surface area contributed by atoms with Crippen molar-refractivity contribution in [3.8, 4) is 0 Å². The predicted octanol–water partition coefficient (Wildman–Crippen LogP) is 2.69. The second-order valence-corrected chi connectivity index (χ2v) is 7.22. The zero-order chi connectivity index (χ0) is 15.6. The van der Waals surface area contributed by atoms with Gasteiger partial charge in [-0.1, -0.05) is 6.92 Å². The van der Waals surface area contributed by atoms with Crippen LogP contribution in [0.5, 0.6) is 0 Å². The Morgan fingerprint density at radius 3 is 2.76 bits per heavy atom. The molecule has 0 aliphatic carbocycles. The molecule has 2 rings (SSSR count). The highest BCUT2D eigenvalue weighted by atomic mass is 32.1. The van der Waals surface area contributed by atoms with E-state index in [-0.39, 0.29) is 18.1 Å². The summed E-state index contributed by atoms with van der Waals surface area (Å²) in [7, 11) is 4.15. The Hall–Kier alpha value is -0.910. The van der Waals surface area contributed by atoms with Gasteiger partial charge >= 0.3 is 0 Å². The summed E-state index contributed by atoms with van der Waals surface area (Å²) in [5.74, 6) is 0.229. The Bertz CT molecular complexity index is 474. The Morgan fingerprint density at radius 2 is 2.24 bits per heavy atom. The SMILES string of the molecule is CCC1(C)NC(c2ccsc2)N(C(C)CCN(C)C)C1=O. The van der Waals surface area contributed by atoms with Gasteiger partial charge in [-0.15, -0.1) is 0 Å². The van der Waals surface area contributed by atoms with Crippen molar-refractivity contribution in [3.63, 3.8) is 0 Å². The molecule has 1 aromatic heterocycles. The fourth-order valence-corrected chi connectivity index (χ4v) is 3.48. The van der Waals surface area contributed by atoms with Crippen LogP contribution in [0.4, 0.5) is 0 Å². The first kappa shape index (κ1) is 16.5. The van der Waals surface area contributed by atoms with Crippen LogP contribution in [-0.4, -0.2) is 47.9 Å². The van der Waals surface area contributed by atoms with Crippen LogP contribution in [0.1, 0.15) is 45.3 Å². The number of nitrogens with one attached hydrogen (secondary N) is 1. The molecule has 0 saturated carbocycles. The number of carbonyl (C=O) groups excluding carboxylic acids is 1. The summed E-state index contributed by atoms with van der Waals surface area (Å²) in [6, 6.07) is 2.34. The van der Waals surface area contributed by atoms with Crippen molar-refractivity contribution < 1.29 is 4.79 Å². The Kier molecular flexibility index (Phi) is 5.07. The minimum atomic E-state index is -0.445. The first-order valence-electron chi connectivity index (χ1n) is 7.66. The van der Waals surface area contributed by atoms with Gasteiger partial charge in [0.15, 0.2) is 0 Å². The molecule has 0 bridgehead atoms. The minimum absolute atomic E-state index is 0.00543. The zero-order valence-corrected chi connectivity index (χ0v) is 14.5. The van der Waals surface area contributed by atoms with Crippen molar-refractivity contribution in [1.29, 1.82) is 0 Å². The number of amides is 1. The molecule has 1 aliphatic rings. The lowest BCUT2D eigenvalue weighted by Gasteiger charge is -2.31. The summed E-state index contributed by atoms with van der Waals surface area (Å²) in [4.78, 5) is 17.1. The van der Waals surface area contributed by atoms with Crippen LogP contribution in [0.25, 0.3) is 0 Å². The van der Waals surface area contributed by atoms with Gasteiger partial charge in [-0.05, 0) is 69.7 Å². The normalized spacial score (nSPS) is 27.6. The molecule has 118 valence electrons. The average molecular weight is 309 g/mol. The van der Waals surface area contributed by atoms with Gasteiger partial charge in [0.05, 0.1) is 5.54 Å². The molecule has 1 aliphatic heterocycles. The van der Waals surface area contributed by atoms with Crippen LogP contribution in [0, 0.1) is 0 Å². The van der Waals surface area contributed by atoms with E-state index < -0.39 is 5.54 Å². The maximum Gasteiger partial charge on any atom is 0.244 e. The fourth-order valence-electron chi connectivity index (χ4n) is 2.80. The zero-order valence-electron chi connectivity index (χ0n) is 13.7. The number of thiophene rings is 1. The second kappa shape index (κ2) is 6.46. The van der Waals surface area contributed by atoms with Gasteiger partial charge in [0, 0.05) is 6.04 Å². The monoisotopic (exact) mass is 309 g/mol. The molecule has 5 heteroatoms. The lowest BCUT2D eigenvalue weighted by Crippen LogP contribution is -2.44. The van der Waals surface area contributed by atoms with Gasteiger partial charge in [0.2, 0.25) is 5.91 Å². The molecule has 1 N–H and O–H groups in total. The highest BCUT2D eigenvalue weighted by molar-refractivity contribution is 7.07. The largest absolute Gasteiger partial charge is 0.319 e. The van der Waals surface area contributed by atoms with E-state index in [9.17, 15) is 4.79 Å². The van der Waals surface area contributed by atoms with Gasteiger partial charge in [0.25, 0.3) is 0 Å². The third-order valence-electron chi connectivity index (χ3n) is 4.47. The Balaban J connectivity index is 2.23.